The van der Waals surface area contributed by atoms with Gasteiger partial charge in [-0.1, -0.05) is 6.92 Å². The number of halogens is 2. The Kier molecular flexibility index (Phi) is 4.86. The summed E-state index contributed by atoms with van der Waals surface area (Å²) in [4.78, 5) is 17.0. The van der Waals surface area contributed by atoms with E-state index < -0.39 is 5.82 Å². The molecule has 4 nitrogen and oxygen atoms in total. The molecule has 0 fully saturated rings. The maximum Gasteiger partial charge on any atom is 0.224 e. The number of nitrogens with zero attached hydrogens (tertiary/aromatic N) is 2. The first-order valence-corrected chi connectivity index (χ1v) is 5.98. The Balaban J connectivity index is 2.76. The van der Waals surface area contributed by atoms with Gasteiger partial charge in [-0.05, 0) is 22.0 Å². The average molecular weight is 304 g/mol. The average Bonchev–Trinajstić information content (AvgIpc) is 2.27. The van der Waals surface area contributed by atoms with E-state index in [0.717, 1.165) is 0 Å². The number of aromatic nitrogens is 1. The lowest BCUT2D eigenvalue weighted by molar-refractivity contribution is -0.123. The highest BCUT2D eigenvalue weighted by molar-refractivity contribution is 9.10. The fraction of sp³-hybridized carbons (Fsp3) is 0.455. The van der Waals surface area contributed by atoms with Crippen molar-refractivity contribution >= 4 is 27.7 Å². The molecule has 0 bridgehead atoms. The predicted octanol–water partition coefficient (Wildman–Crippen LogP) is 1.80. The summed E-state index contributed by atoms with van der Waals surface area (Å²) in [6, 6.07) is 1.35. The molecule has 1 rings (SSSR count). The molecule has 0 saturated heterocycles. The van der Waals surface area contributed by atoms with Gasteiger partial charge in [0, 0.05) is 31.3 Å². The molecular weight excluding hydrogens is 289 g/mol. The smallest absolute Gasteiger partial charge is 0.224 e. The third-order valence-electron chi connectivity index (χ3n) is 2.39. The quantitative estimate of drug-likeness (QED) is 0.922. The van der Waals surface area contributed by atoms with Gasteiger partial charge in [0.1, 0.15) is 0 Å². The number of anilines is 1. The fourth-order valence-corrected chi connectivity index (χ4v) is 1.82. The van der Waals surface area contributed by atoms with Crippen molar-refractivity contribution in [3.05, 3.63) is 22.6 Å². The lowest BCUT2D eigenvalue weighted by Crippen LogP contribution is -2.35. The van der Waals surface area contributed by atoms with E-state index in [1.54, 1.807) is 25.9 Å². The van der Waals surface area contributed by atoms with Gasteiger partial charge in [0.05, 0.1) is 5.92 Å². The van der Waals surface area contributed by atoms with Gasteiger partial charge in [0.15, 0.2) is 11.6 Å². The van der Waals surface area contributed by atoms with Crippen molar-refractivity contribution in [2.75, 3.05) is 25.5 Å². The number of hydrogen-bond acceptors (Lipinski definition) is 3. The number of nitrogens with one attached hydrogen (secondary N) is 1. The van der Waals surface area contributed by atoms with Gasteiger partial charge >= 0.3 is 0 Å². The Morgan fingerprint density at radius 2 is 2.35 bits per heavy atom. The number of rotatable bonds is 4. The third-order valence-corrected chi connectivity index (χ3v) is 2.83. The molecule has 0 saturated carbocycles. The van der Waals surface area contributed by atoms with Crippen molar-refractivity contribution in [3.63, 3.8) is 0 Å². The van der Waals surface area contributed by atoms with Crippen LogP contribution in [0.2, 0.25) is 0 Å². The topological polar surface area (TPSA) is 45.2 Å². The summed E-state index contributed by atoms with van der Waals surface area (Å²) in [5.74, 6) is -0.473. The van der Waals surface area contributed by atoms with Crippen molar-refractivity contribution in [3.8, 4) is 0 Å². The second-order valence-corrected chi connectivity index (χ2v) is 4.77. The fourth-order valence-electron chi connectivity index (χ4n) is 1.51. The molecule has 94 valence electrons. The zero-order valence-electron chi connectivity index (χ0n) is 10.00. The Morgan fingerprint density at radius 3 is 2.88 bits per heavy atom. The maximum absolute atomic E-state index is 13.6. The Labute approximate surface area is 108 Å². The molecule has 1 aromatic rings. The van der Waals surface area contributed by atoms with Gasteiger partial charge in [0.2, 0.25) is 5.91 Å². The molecule has 0 aromatic carbocycles. The summed E-state index contributed by atoms with van der Waals surface area (Å²) >= 11 is 3.15. The van der Waals surface area contributed by atoms with Crippen LogP contribution in [0, 0.1) is 11.7 Å². The molecule has 1 heterocycles. The van der Waals surface area contributed by atoms with Crippen molar-refractivity contribution in [2.45, 2.75) is 6.92 Å². The summed E-state index contributed by atoms with van der Waals surface area (Å²) in [7, 11) is 3.29. The van der Waals surface area contributed by atoms with E-state index >= 15 is 0 Å². The summed E-state index contributed by atoms with van der Waals surface area (Å²) in [6.45, 7) is 2.19. The van der Waals surface area contributed by atoms with Crippen molar-refractivity contribution in [1.29, 1.82) is 0 Å². The molecule has 1 atom stereocenters. The van der Waals surface area contributed by atoms with Crippen LogP contribution in [0.25, 0.3) is 0 Å². The highest BCUT2D eigenvalue weighted by Crippen LogP contribution is 2.19. The highest BCUT2D eigenvalue weighted by Gasteiger charge is 2.16. The molecule has 0 aliphatic heterocycles. The Hall–Kier alpha value is -1.17. The number of amides is 1. The van der Waals surface area contributed by atoms with E-state index in [2.05, 4.69) is 26.2 Å². The minimum Gasteiger partial charge on any atom is -0.359 e. The van der Waals surface area contributed by atoms with Gasteiger partial charge in [-0.15, -0.1) is 0 Å². The lowest BCUT2D eigenvalue weighted by atomic mass is 10.1. The standard InChI is InChI=1S/C11H15BrFN3O/c1-7(11(17)14-2)6-16(3)10-9(13)4-8(12)5-15-10/h4-5,7H,6H2,1-3H3,(H,14,17)/t7-/m0/s1. The minimum atomic E-state index is -0.411. The normalized spacial score (nSPS) is 12.1. The van der Waals surface area contributed by atoms with Crippen LogP contribution in [0.1, 0.15) is 6.92 Å². The Bertz CT molecular complexity index is 414. The lowest BCUT2D eigenvalue weighted by Gasteiger charge is -2.21. The van der Waals surface area contributed by atoms with Gasteiger partial charge in [-0.25, -0.2) is 9.37 Å². The van der Waals surface area contributed by atoms with E-state index in [4.69, 9.17) is 0 Å². The molecule has 0 spiro atoms. The first kappa shape index (κ1) is 13.9. The SMILES string of the molecule is CNC(=O)[C@@H](C)CN(C)c1ncc(Br)cc1F. The second-order valence-electron chi connectivity index (χ2n) is 3.85. The second kappa shape index (κ2) is 5.95. The molecule has 1 aromatic heterocycles. The zero-order chi connectivity index (χ0) is 13.0. The molecule has 0 radical (unpaired) electrons. The first-order valence-electron chi connectivity index (χ1n) is 5.19. The molecule has 6 heteroatoms. The van der Waals surface area contributed by atoms with Crippen LogP contribution in [-0.2, 0) is 4.79 Å². The minimum absolute atomic E-state index is 0.0747. The molecule has 1 amide bonds. The molecule has 0 unspecified atom stereocenters. The zero-order valence-corrected chi connectivity index (χ0v) is 11.6. The van der Waals surface area contributed by atoms with Crippen LogP contribution in [-0.4, -0.2) is 31.5 Å². The van der Waals surface area contributed by atoms with Crippen LogP contribution >= 0.6 is 15.9 Å². The predicted molar refractivity (Wildman–Crippen MR) is 68.4 cm³/mol. The van der Waals surface area contributed by atoms with Crippen molar-refractivity contribution in [1.82, 2.24) is 10.3 Å². The molecule has 17 heavy (non-hydrogen) atoms. The summed E-state index contributed by atoms with van der Waals surface area (Å²) in [5.41, 5.74) is 0. The summed E-state index contributed by atoms with van der Waals surface area (Å²) in [6.07, 6.45) is 1.53. The van der Waals surface area contributed by atoms with Gasteiger partial charge in [-0.3, -0.25) is 4.79 Å². The number of carbonyl (C=O) groups excluding carboxylic acids is 1. The molecule has 0 aliphatic carbocycles. The molecule has 1 N–H and O–H groups in total. The van der Waals surface area contributed by atoms with Crippen molar-refractivity contribution < 1.29 is 9.18 Å². The third kappa shape index (κ3) is 3.66. The van der Waals surface area contributed by atoms with Crippen molar-refractivity contribution in [2.24, 2.45) is 5.92 Å². The highest BCUT2D eigenvalue weighted by atomic mass is 79.9. The van der Waals surface area contributed by atoms with Crippen LogP contribution in [0.3, 0.4) is 0 Å². The summed E-state index contributed by atoms with van der Waals surface area (Å²) in [5, 5.41) is 2.56. The maximum atomic E-state index is 13.6. The number of pyridine rings is 1. The molecular formula is C11H15BrFN3O. The van der Waals surface area contributed by atoms with E-state index in [1.807, 2.05) is 0 Å². The van der Waals surface area contributed by atoms with Crippen LogP contribution in [0.15, 0.2) is 16.7 Å². The van der Waals surface area contributed by atoms with E-state index in [0.29, 0.717) is 11.0 Å². The largest absolute Gasteiger partial charge is 0.359 e. The van der Waals surface area contributed by atoms with Gasteiger partial charge in [-0.2, -0.15) is 0 Å². The van der Waals surface area contributed by atoms with Gasteiger partial charge in [0.25, 0.3) is 0 Å². The van der Waals surface area contributed by atoms with Crippen LogP contribution in [0.5, 0.6) is 0 Å². The van der Waals surface area contributed by atoms with Gasteiger partial charge < -0.3 is 10.2 Å². The first-order chi connectivity index (χ1) is 7.95. The Morgan fingerprint density at radius 1 is 1.71 bits per heavy atom. The number of hydrogen-bond donors (Lipinski definition) is 1. The van der Waals surface area contributed by atoms with E-state index in [9.17, 15) is 9.18 Å². The van der Waals surface area contributed by atoms with Crippen LogP contribution in [0.4, 0.5) is 10.2 Å². The van der Waals surface area contributed by atoms with E-state index in [1.165, 1.54) is 12.3 Å². The number of carbonyl (C=O) groups is 1. The van der Waals surface area contributed by atoms with E-state index in [-0.39, 0.29) is 17.6 Å². The monoisotopic (exact) mass is 303 g/mol. The molecule has 0 aliphatic rings. The summed E-state index contributed by atoms with van der Waals surface area (Å²) < 4.78 is 14.2. The van der Waals surface area contributed by atoms with Crippen LogP contribution < -0.4 is 10.2 Å².